The second kappa shape index (κ2) is 5.17. The number of hydrogen-bond acceptors (Lipinski definition) is 3. The van der Waals surface area contributed by atoms with Crippen molar-refractivity contribution in [3.8, 4) is 0 Å². The summed E-state index contributed by atoms with van der Waals surface area (Å²) in [5.41, 5.74) is 3.82. The molecular weight excluding hydrogens is 272 g/mol. The van der Waals surface area contributed by atoms with Gasteiger partial charge >= 0.3 is 0 Å². The van der Waals surface area contributed by atoms with E-state index in [2.05, 4.69) is 29.0 Å². The van der Waals surface area contributed by atoms with Crippen LogP contribution in [0.15, 0.2) is 42.5 Å². The predicted octanol–water partition coefficient (Wildman–Crippen LogP) is 3.74. The largest absolute Gasteiger partial charge is 0.371 e. The topological polar surface area (TPSA) is 23.6 Å². The maximum atomic E-state index is 11.3. The van der Waals surface area contributed by atoms with Crippen molar-refractivity contribution in [3.05, 3.63) is 53.1 Å². The molecule has 0 bridgehead atoms. The molecule has 0 saturated heterocycles. The van der Waals surface area contributed by atoms with E-state index in [1.807, 2.05) is 24.3 Å². The van der Waals surface area contributed by atoms with Gasteiger partial charge in [0.1, 0.15) is 0 Å². The Morgan fingerprint density at radius 3 is 2.55 bits per heavy atom. The van der Waals surface area contributed by atoms with E-state index >= 15 is 0 Å². The van der Waals surface area contributed by atoms with Crippen LogP contribution in [0, 0.1) is 0 Å². The lowest BCUT2D eigenvalue weighted by Gasteiger charge is -2.37. The van der Waals surface area contributed by atoms with E-state index in [4.69, 9.17) is 11.6 Å². The number of fused-ring (bicyclic) bond motifs is 1. The van der Waals surface area contributed by atoms with Crippen LogP contribution in [0.3, 0.4) is 0 Å². The highest BCUT2D eigenvalue weighted by atomic mass is 35.5. The summed E-state index contributed by atoms with van der Waals surface area (Å²) < 4.78 is 0. The minimum Gasteiger partial charge on any atom is -0.371 e. The van der Waals surface area contributed by atoms with Gasteiger partial charge in [-0.3, -0.25) is 4.79 Å². The Morgan fingerprint density at radius 1 is 1.05 bits per heavy atom. The Morgan fingerprint density at radius 2 is 1.80 bits per heavy atom. The van der Waals surface area contributed by atoms with Crippen LogP contribution in [0.5, 0.6) is 0 Å². The van der Waals surface area contributed by atoms with Crippen LogP contribution in [-0.2, 0) is 0 Å². The summed E-state index contributed by atoms with van der Waals surface area (Å²) in [6.45, 7) is 1.76. The van der Waals surface area contributed by atoms with Gasteiger partial charge in [0.25, 0.3) is 0 Å². The number of likely N-dealkylation sites (N-methyl/N-ethyl adjacent to an activating group) is 1. The van der Waals surface area contributed by atoms with E-state index < -0.39 is 0 Å². The number of halogens is 1. The molecule has 3 rings (SSSR count). The highest BCUT2D eigenvalue weighted by Crippen LogP contribution is 2.38. The first kappa shape index (κ1) is 13.0. The van der Waals surface area contributed by atoms with Crippen molar-refractivity contribution >= 4 is 34.9 Å². The number of benzene rings is 2. The fourth-order valence-corrected chi connectivity index (χ4v) is 2.80. The van der Waals surface area contributed by atoms with Crippen LogP contribution < -0.4 is 9.80 Å². The van der Waals surface area contributed by atoms with Crippen molar-refractivity contribution in [2.75, 3.05) is 29.9 Å². The molecule has 0 unspecified atom stereocenters. The van der Waals surface area contributed by atoms with Crippen LogP contribution in [-0.4, -0.2) is 26.4 Å². The third kappa shape index (κ3) is 2.14. The normalized spacial score (nSPS) is 14.1. The van der Waals surface area contributed by atoms with Crippen LogP contribution in [0.1, 0.15) is 10.4 Å². The lowest BCUT2D eigenvalue weighted by molar-refractivity contribution is 0.112. The number of para-hydroxylation sites is 2. The van der Waals surface area contributed by atoms with Crippen molar-refractivity contribution in [1.29, 1.82) is 0 Å². The van der Waals surface area contributed by atoms with E-state index in [0.717, 1.165) is 30.8 Å². The number of aldehydes is 1. The Balaban J connectivity index is 2.12. The van der Waals surface area contributed by atoms with Gasteiger partial charge < -0.3 is 9.80 Å². The smallest absolute Gasteiger partial charge is 0.152 e. The van der Waals surface area contributed by atoms with Crippen LogP contribution in [0.4, 0.5) is 17.1 Å². The van der Waals surface area contributed by atoms with E-state index in [-0.39, 0.29) is 0 Å². The standard InChI is InChI=1S/C16H15ClN2O/c1-18-8-9-19(16-5-3-2-4-15(16)18)14-7-6-13(17)10-12(14)11-20/h2-7,10-11H,8-9H2,1H3. The third-order valence-electron chi connectivity index (χ3n) is 3.65. The molecular formula is C16H15ClN2O. The molecule has 102 valence electrons. The zero-order chi connectivity index (χ0) is 14.1. The summed E-state index contributed by atoms with van der Waals surface area (Å²) in [5.74, 6) is 0. The zero-order valence-electron chi connectivity index (χ0n) is 11.2. The molecule has 0 spiro atoms. The van der Waals surface area contributed by atoms with Gasteiger partial charge in [-0.15, -0.1) is 0 Å². The highest BCUT2D eigenvalue weighted by Gasteiger charge is 2.22. The van der Waals surface area contributed by atoms with Crippen molar-refractivity contribution in [3.63, 3.8) is 0 Å². The monoisotopic (exact) mass is 286 g/mol. The fraction of sp³-hybridized carbons (Fsp3) is 0.188. The van der Waals surface area contributed by atoms with Gasteiger partial charge in [0.05, 0.1) is 17.1 Å². The number of hydrogen-bond donors (Lipinski definition) is 0. The Kier molecular flexibility index (Phi) is 3.36. The second-order valence-corrected chi connectivity index (χ2v) is 5.32. The summed E-state index contributed by atoms with van der Waals surface area (Å²) in [7, 11) is 2.08. The first-order valence-electron chi connectivity index (χ1n) is 6.53. The Labute approximate surface area is 123 Å². The maximum Gasteiger partial charge on any atom is 0.152 e. The van der Waals surface area contributed by atoms with Crippen LogP contribution in [0.2, 0.25) is 5.02 Å². The number of carbonyl (C=O) groups is 1. The molecule has 0 amide bonds. The van der Waals surface area contributed by atoms with Gasteiger partial charge in [-0.1, -0.05) is 23.7 Å². The average molecular weight is 287 g/mol. The second-order valence-electron chi connectivity index (χ2n) is 4.88. The molecule has 1 heterocycles. The molecule has 0 fully saturated rings. The molecule has 2 aromatic carbocycles. The molecule has 0 radical (unpaired) electrons. The molecule has 0 aromatic heterocycles. The molecule has 0 N–H and O–H groups in total. The summed E-state index contributed by atoms with van der Waals surface area (Å²) in [4.78, 5) is 15.7. The number of anilines is 3. The molecule has 0 aliphatic carbocycles. The molecule has 0 atom stereocenters. The van der Waals surface area contributed by atoms with Crippen molar-refractivity contribution in [2.24, 2.45) is 0 Å². The van der Waals surface area contributed by atoms with Gasteiger partial charge in [-0.25, -0.2) is 0 Å². The molecule has 20 heavy (non-hydrogen) atoms. The van der Waals surface area contributed by atoms with Gasteiger partial charge in [-0.05, 0) is 30.3 Å². The van der Waals surface area contributed by atoms with Crippen molar-refractivity contribution in [2.45, 2.75) is 0 Å². The molecule has 3 nitrogen and oxygen atoms in total. The minimum absolute atomic E-state index is 0.582. The first-order chi connectivity index (χ1) is 9.70. The van der Waals surface area contributed by atoms with Crippen LogP contribution >= 0.6 is 11.6 Å². The fourth-order valence-electron chi connectivity index (χ4n) is 2.62. The number of rotatable bonds is 2. The Hall–Kier alpha value is -2.00. The molecule has 1 aliphatic heterocycles. The predicted molar refractivity (Wildman–Crippen MR) is 83.6 cm³/mol. The molecule has 4 heteroatoms. The minimum atomic E-state index is 0.582. The van der Waals surface area contributed by atoms with E-state index in [1.165, 1.54) is 5.69 Å². The van der Waals surface area contributed by atoms with E-state index in [0.29, 0.717) is 10.6 Å². The Bertz CT molecular complexity index is 657. The summed E-state index contributed by atoms with van der Waals surface area (Å²) in [6.07, 6.45) is 0.863. The van der Waals surface area contributed by atoms with Gasteiger partial charge in [0.2, 0.25) is 0 Å². The quantitative estimate of drug-likeness (QED) is 0.786. The highest BCUT2D eigenvalue weighted by molar-refractivity contribution is 6.31. The third-order valence-corrected chi connectivity index (χ3v) is 3.89. The van der Waals surface area contributed by atoms with Crippen LogP contribution in [0.25, 0.3) is 0 Å². The molecule has 2 aromatic rings. The first-order valence-corrected chi connectivity index (χ1v) is 6.91. The maximum absolute atomic E-state index is 11.3. The van der Waals surface area contributed by atoms with E-state index in [9.17, 15) is 4.79 Å². The van der Waals surface area contributed by atoms with Gasteiger partial charge in [-0.2, -0.15) is 0 Å². The lowest BCUT2D eigenvalue weighted by atomic mass is 10.1. The summed E-state index contributed by atoms with van der Waals surface area (Å²) in [6, 6.07) is 13.7. The number of carbonyl (C=O) groups excluding carboxylic acids is 1. The SMILES string of the molecule is CN1CCN(c2ccc(Cl)cc2C=O)c2ccccc21. The average Bonchev–Trinajstić information content (AvgIpc) is 2.48. The number of nitrogens with zero attached hydrogens (tertiary/aromatic N) is 2. The van der Waals surface area contributed by atoms with E-state index in [1.54, 1.807) is 6.07 Å². The zero-order valence-corrected chi connectivity index (χ0v) is 12.0. The van der Waals surface area contributed by atoms with Gasteiger partial charge in [0, 0.05) is 30.7 Å². The molecule has 1 aliphatic rings. The lowest BCUT2D eigenvalue weighted by Crippen LogP contribution is -2.36. The summed E-state index contributed by atoms with van der Waals surface area (Å²) >= 11 is 5.97. The summed E-state index contributed by atoms with van der Waals surface area (Å²) in [5, 5.41) is 0.582. The van der Waals surface area contributed by atoms with Crippen molar-refractivity contribution < 1.29 is 4.79 Å². The van der Waals surface area contributed by atoms with Crippen molar-refractivity contribution in [1.82, 2.24) is 0 Å². The van der Waals surface area contributed by atoms with Gasteiger partial charge in [0.15, 0.2) is 6.29 Å². The molecule has 0 saturated carbocycles.